The Hall–Kier alpha value is 0.380. The molecule has 102 valence electrons. The lowest BCUT2D eigenvalue weighted by Crippen LogP contribution is -2.32. The van der Waals surface area contributed by atoms with Gasteiger partial charge in [-0.05, 0) is 40.5 Å². The number of rotatable bonds is 6. The Labute approximate surface area is 130 Å². The van der Waals surface area contributed by atoms with Gasteiger partial charge >= 0.3 is 0 Å². The third kappa shape index (κ3) is 3.93. The summed E-state index contributed by atoms with van der Waals surface area (Å²) in [7, 11) is -3.48. The van der Waals surface area contributed by atoms with Gasteiger partial charge in [-0.25, -0.2) is 8.42 Å². The second-order valence-corrected chi connectivity index (χ2v) is 7.67. The minimum absolute atomic E-state index is 0.272. The molecule has 3 nitrogen and oxygen atoms in total. The van der Waals surface area contributed by atoms with Crippen LogP contribution in [0, 0.1) is 0 Å². The molecule has 0 N–H and O–H groups in total. The predicted molar refractivity (Wildman–Crippen MR) is 81.6 cm³/mol. The Balaban J connectivity index is 3.14. The number of hydrogen-bond acceptors (Lipinski definition) is 2. The van der Waals surface area contributed by atoms with E-state index >= 15 is 0 Å². The molecule has 1 rings (SSSR count). The van der Waals surface area contributed by atoms with E-state index in [1.165, 1.54) is 4.31 Å². The Morgan fingerprint density at radius 2 is 2.00 bits per heavy atom. The third-order valence-electron chi connectivity index (χ3n) is 2.40. The number of benzene rings is 1. The van der Waals surface area contributed by atoms with Crippen molar-refractivity contribution < 1.29 is 8.42 Å². The molecule has 0 aliphatic heterocycles. The minimum Gasteiger partial charge on any atom is -0.207 e. The van der Waals surface area contributed by atoms with Crippen LogP contribution < -0.4 is 0 Å². The van der Waals surface area contributed by atoms with Crippen LogP contribution in [0.1, 0.15) is 13.3 Å². The summed E-state index contributed by atoms with van der Waals surface area (Å²) >= 11 is 12.2. The highest BCUT2D eigenvalue weighted by Gasteiger charge is 2.25. The number of alkyl halides is 1. The quantitative estimate of drug-likeness (QED) is 0.657. The van der Waals surface area contributed by atoms with E-state index in [-0.39, 0.29) is 4.90 Å². The summed E-state index contributed by atoms with van der Waals surface area (Å²) in [6, 6.07) is 5.10. The van der Waals surface area contributed by atoms with E-state index in [1.54, 1.807) is 18.2 Å². The van der Waals surface area contributed by atoms with Gasteiger partial charge < -0.3 is 0 Å². The van der Waals surface area contributed by atoms with Gasteiger partial charge in [0, 0.05) is 27.9 Å². The lowest BCUT2D eigenvalue weighted by molar-refractivity contribution is 0.427. The second kappa shape index (κ2) is 7.24. The molecule has 0 saturated heterocycles. The predicted octanol–water partition coefficient (Wildman–Crippen LogP) is 3.85. The monoisotopic (exact) mass is 417 g/mol. The second-order valence-electron chi connectivity index (χ2n) is 3.61. The molecule has 0 fully saturated rings. The van der Waals surface area contributed by atoms with Gasteiger partial charge in [-0.15, -0.1) is 11.6 Å². The molecule has 0 bridgehead atoms. The lowest BCUT2D eigenvalue weighted by Gasteiger charge is -2.20. The van der Waals surface area contributed by atoms with Crippen molar-refractivity contribution >= 4 is 53.5 Å². The van der Waals surface area contributed by atoms with Gasteiger partial charge in [0.1, 0.15) is 0 Å². The van der Waals surface area contributed by atoms with Crippen LogP contribution in [0.25, 0.3) is 0 Å². The summed E-state index contributed by atoms with van der Waals surface area (Å²) in [6.45, 7) is 2.68. The number of halogens is 3. The highest BCUT2D eigenvalue weighted by Crippen LogP contribution is 2.28. The highest BCUT2D eigenvalue weighted by atomic mass is 79.9. The van der Waals surface area contributed by atoms with Gasteiger partial charge in [0.25, 0.3) is 0 Å². The molecule has 1 aromatic rings. The molecule has 0 saturated carbocycles. The zero-order chi connectivity index (χ0) is 13.8. The fourth-order valence-corrected chi connectivity index (χ4v) is 4.57. The maximum atomic E-state index is 12.5. The standard InChI is InChI=1S/C11H14Br2ClNO2S/c1-2-15(7-3-6-14)18(16,17)11-8-9(12)4-5-10(11)13/h4-5,8H,2-3,6-7H2,1H3. The van der Waals surface area contributed by atoms with E-state index < -0.39 is 10.0 Å². The van der Waals surface area contributed by atoms with Crippen molar-refractivity contribution in [2.45, 2.75) is 18.2 Å². The summed E-state index contributed by atoms with van der Waals surface area (Å²) < 4.78 is 27.7. The molecule has 0 radical (unpaired) electrons. The van der Waals surface area contributed by atoms with E-state index in [2.05, 4.69) is 31.9 Å². The van der Waals surface area contributed by atoms with Crippen LogP contribution in [-0.4, -0.2) is 31.7 Å². The van der Waals surface area contributed by atoms with E-state index in [4.69, 9.17) is 11.6 Å². The van der Waals surface area contributed by atoms with Crippen molar-refractivity contribution in [3.05, 3.63) is 27.1 Å². The van der Waals surface area contributed by atoms with E-state index in [9.17, 15) is 8.42 Å². The molecule has 18 heavy (non-hydrogen) atoms. The van der Waals surface area contributed by atoms with Gasteiger partial charge in [0.15, 0.2) is 0 Å². The molecule has 0 aliphatic rings. The van der Waals surface area contributed by atoms with Crippen LogP contribution in [0.15, 0.2) is 32.0 Å². The van der Waals surface area contributed by atoms with Gasteiger partial charge in [0.05, 0.1) is 4.90 Å². The van der Waals surface area contributed by atoms with E-state index in [1.807, 2.05) is 6.92 Å². The fourth-order valence-electron chi connectivity index (χ4n) is 1.50. The summed E-state index contributed by atoms with van der Waals surface area (Å²) in [5.74, 6) is 0.450. The Morgan fingerprint density at radius 3 is 2.56 bits per heavy atom. The van der Waals surface area contributed by atoms with Crippen LogP contribution >= 0.6 is 43.5 Å². The van der Waals surface area contributed by atoms with Gasteiger partial charge in [0.2, 0.25) is 10.0 Å². The largest absolute Gasteiger partial charge is 0.244 e. The van der Waals surface area contributed by atoms with Crippen molar-refractivity contribution in [2.24, 2.45) is 0 Å². The third-order valence-corrected chi connectivity index (χ3v) is 6.13. The molecular formula is C11H14Br2ClNO2S. The van der Waals surface area contributed by atoms with Crippen molar-refractivity contribution in [3.8, 4) is 0 Å². The zero-order valence-corrected chi connectivity index (χ0v) is 14.6. The normalized spacial score (nSPS) is 12.1. The molecule has 0 amide bonds. The Kier molecular flexibility index (Phi) is 6.61. The number of sulfonamides is 1. The molecule has 0 aliphatic carbocycles. The van der Waals surface area contributed by atoms with Crippen LogP contribution in [0.2, 0.25) is 0 Å². The van der Waals surface area contributed by atoms with Gasteiger partial charge in [-0.3, -0.25) is 0 Å². The molecule has 0 aromatic heterocycles. The minimum atomic E-state index is -3.48. The Bertz CT molecular complexity index is 508. The molecule has 7 heteroatoms. The summed E-state index contributed by atoms with van der Waals surface area (Å²) in [6.07, 6.45) is 0.639. The molecule has 0 unspecified atom stereocenters. The van der Waals surface area contributed by atoms with Crippen molar-refractivity contribution in [3.63, 3.8) is 0 Å². The van der Waals surface area contributed by atoms with Crippen LogP contribution in [0.3, 0.4) is 0 Å². The first-order chi connectivity index (χ1) is 8.43. The summed E-state index contributed by atoms with van der Waals surface area (Å²) in [5, 5.41) is 0. The first kappa shape index (κ1) is 16.4. The average molecular weight is 420 g/mol. The molecule has 0 atom stereocenters. The van der Waals surface area contributed by atoms with Gasteiger partial charge in [-0.1, -0.05) is 22.9 Å². The van der Waals surface area contributed by atoms with Crippen molar-refractivity contribution in [1.82, 2.24) is 4.31 Å². The van der Waals surface area contributed by atoms with Gasteiger partial charge in [-0.2, -0.15) is 4.31 Å². The molecular weight excluding hydrogens is 405 g/mol. The molecule has 1 aromatic carbocycles. The first-order valence-electron chi connectivity index (χ1n) is 5.44. The fraction of sp³-hybridized carbons (Fsp3) is 0.455. The van der Waals surface area contributed by atoms with E-state index in [0.29, 0.717) is 29.9 Å². The number of nitrogens with zero attached hydrogens (tertiary/aromatic N) is 1. The average Bonchev–Trinajstić information content (AvgIpc) is 2.33. The van der Waals surface area contributed by atoms with E-state index in [0.717, 1.165) is 4.47 Å². The van der Waals surface area contributed by atoms with Crippen molar-refractivity contribution in [1.29, 1.82) is 0 Å². The topological polar surface area (TPSA) is 37.4 Å². The number of hydrogen-bond donors (Lipinski definition) is 0. The van der Waals surface area contributed by atoms with Crippen LogP contribution in [-0.2, 0) is 10.0 Å². The van der Waals surface area contributed by atoms with Crippen molar-refractivity contribution in [2.75, 3.05) is 19.0 Å². The molecule has 0 heterocycles. The maximum Gasteiger partial charge on any atom is 0.244 e. The Morgan fingerprint density at radius 1 is 1.33 bits per heavy atom. The van der Waals surface area contributed by atoms with Crippen LogP contribution in [0.5, 0.6) is 0 Å². The smallest absolute Gasteiger partial charge is 0.207 e. The highest BCUT2D eigenvalue weighted by molar-refractivity contribution is 9.11. The van der Waals surface area contributed by atoms with Crippen LogP contribution in [0.4, 0.5) is 0 Å². The first-order valence-corrected chi connectivity index (χ1v) is 9.00. The summed E-state index contributed by atoms with van der Waals surface area (Å²) in [5.41, 5.74) is 0. The zero-order valence-electron chi connectivity index (χ0n) is 9.87. The summed E-state index contributed by atoms with van der Waals surface area (Å²) in [4.78, 5) is 0.272. The lowest BCUT2D eigenvalue weighted by atomic mass is 10.4. The molecule has 0 spiro atoms. The SMILES string of the molecule is CCN(CCCCl)S(=O)(=O)c1cc(Br)ccc1Br. The maximum absolute atomic E-state index is 12.5.